The average molecular weight is 269 g/mol. The number of carbonyl (C=O) groups excluding carboxylic acids is 1. The first-order valence-corrected chi connectivity index (χ1v) is 6.22. The highest BCUT2D eigenvalue weighted by molar-refractivity contribution is 5.75. The molecule has 8 nitrogen and oxygen atoms in total. The third-order valence-corrected chi connectivity index (χ3v) is 2.80. The molecule has 0 saturated heterocycles. The van der Waals surface area contributed by atoms with Crippen LogP contribution in [0.1, 0.15) is 33.1 Å². The maximum absolute atomic E-state index is 11.6. The molecule has 8 heteroatoms. The molecule has 0 aliphatic rings. The fourth-order valence-corrected chi connectivity index (χ4v) is 1.65. The fourth-order valence-electron chi connectivity index (χ4n) is 1.65. The van der Waals surface area contributed by atoms with Gasteiger partial charge in [-0.3, -0.25) is 9.59 Å². The highest BCUT2D eigenvalue weighted by atomic mass is 16.4. The Labute approximate surface area is 111 Å². The first-order chi connectivity index (χ1) is 8.99. The van der Waals surface area contributed by atoms with Crippen LogP contribution >= 0.6 is 0 Å². The monoisotopic (exact) mass is 269 g/mol. The minimum Gasteiger partial charge on any atom is -0.481 e. The van der Waals surface area contributed by atoms with Crippen molar-refractivity contribution in [2.75, 3.05) is 0 Å². The van der Waals surface area contributed by atoms with E-state index in [1.54, 1.807) is 6.92 Å². The van der Waals surface area contributed by atoms with E-state index in [0.717, 1.165) is 12.8 Å². The van der Waals surface area contributed by atoms with Crippen molar-refractivity contribution < 1.29 is 14.7 Å². The van der Waals surface area contributed by atoms with E-state index >= 15 is 0 Å². The molecular weight excluding hydrogens is 250 g/mol. The van der Waals surface area contributed by atoms with Crippen LogP contribution in [-0.4, -0.2) is 43.2 Å². The van der Waals surface area contributed by atoms with Crippen molar-refractivity contribution in [3.63, 3.8) is 0 Å². The lowest BCUT2D eigenvalue weighted by Crippen LogP contribution is -2.35. The van der Waals surface area contributed by atoms with Gasteiger partial charge in [-0.05, 0) is 30.2 Å². The first-order valence-electron chi connectivity index (χ1n) is 6.22. The third-order valence-electron chi connectivity index (χ3n) is 2.80. The lowest BCUT2D eigenvalue weighted by atomic mass is 10.0. The molecule has 2 N–H and O–H groups in total. The summed E-state index contributed by atoms with van der Waals surface area (Å²) in [5, 5.41) is 22.0. The zero-order valence-corrected chi connectivity index (χ0v) is 11.1. The molecule has 2 atom stereocenters. The summed E-state index contributed by atoms with van der Waals surface area (Å²) in [5.41, 5.74) is 0. The SMILES string of the molecule is CC(CCCC(C)C(=O)O)NC(=O)Cn1cnnn1. The summed E-state index contributed by atoms with van der Waals surface area (Å²) >= 11 is 0. The number of carbonyl (C=O) groups is 2. The second-order valence-corrected chi connectivity index (χ2v) is 4.65. The molecule has 106 valence electrons. The van der Waals surface area contributed by atoms with Crippen molar-refractivity contribution in [2.45, 2.75) is 45.7 Å². The van der Waals surface area contributed by atoms with Crippen molar-refractivity contribution in [1.82, 2.24) is 25.5 Å². The molecule has 0 fully saturated rings. The standard InChI is InChI=1S/C11H19N5O3/c1-8(11(18)19)4-3-5-9(2)13-10(17)6-16-7-12-14-15-16/h7-9H,3-6H2,1-2H3,(H,13,17)(H,18,19). The molecule has 0 spiro atoms. The van der Waals surface area contributed by atoms with Crippen LogP contribution in [0, 0.1) is 5.92 Å². The van der Waals surface area contributed by atoms with E-state index in [-0.39, 0.29) is 24.4 Å². The molecule has 0 aliphatic carbocycles. The van der Waals surface area contributed by atoms with Gasteiger partial charge in [0.2, 0.25) is 5.91 Å². The molecule has 1 aromatic rings. The second-order valence-electron chi connectivity index (χ2n) is 4.65. The molecule has 0 aliphatic heterocycles. The number of tetrazole rings is 1. The van der Waals surface area contributed by atoms with Crippen molar-refractivity contribution in [1.29, 1.82) is 0 Å². The molecule has 1 amide bonds. The highest BCUT2D eigenvalue weighted by Crippen LogP contribution is 2.09. The molecule has 1 aromatic heterocycles. The van der Waals surface area contributed by atoms with E-state index in [1.807, 2.05) is 6.92 Å². The van der Waals surface area contributed by atoms with Gasteiger partial charge in [0.1, 0.15) is 12.9 Å². The maximum atomic E-state index is 11.6. The van der Waals surface area contributed by atoms with Crippen molar-refractivity contribution >= 4 is 11.9 Å². The Kier molecular flexibility index (Phi) is 5.91. The molecule has 0 saturated carbocycles. The summed E-state index contributed by atoms with van der Waals surface area (Å²) in [6.45, 7) is 3.66. The van der Waals surface area contributed by atoms with Gasteiger partial charge < -0.3 is 10.4 Å². The Hall–Kier alpha value is -1.99. The Morgan fingerprint density at radius 3 is 2.68 bits per heavy atom. The number of nitrogens with zero attached hydrogens (tertiary/aromatic N) is 4. The van der Waals surface area contributed by atoms with Crippen LogP contribution in [0.5, 0.6) is 0 Å². The summed E-state index contributed by atoms with van der Waals surface area (Å²) in [6, 6.07) is 0.00461. The molecule has 1 heterocycles. The molecule has 2 unspecified atom stereocenters. The van der Waals surface area contributed by atoms with Gasteiger partial charge >= 0.3 is 5.97 Å². The molecule has 0 aromatic carbocycles. The van der Waals surface area contributed by atoms with Gasteiger partial charge in [-0.2, -0.15) is 0 Å². The largest absolute Gasteiger partial charge is 0.481 e. The number of carboxylic acid groups (broad SMARTS) is 1. The van der Waals surface area contributed by atoms with Gasteiger partial charge in [-0.1, -0.05) is 13.3 Å². The normalized spacial score (nSPS) is 13.8. The first kappa shape index (κ1) is 15.1. The lowest BCUT2D eigenvalue weighted by molar-refractivity contribution is -0.141. The Balaban J connectivity index is 2.18. The quantitative estimate of drug-likeness (QED) is 0.691. The molecular formula is C11H19N5O3. The fraction of sp³-hybridized carbons (Fsp3) is 0.727. The number of aliphatic carboxylic acids is 1. The third kappa shape index (κ3) is 5.94. The van der Waals surface area contributed by atoms with Crippen LogP contribution in [-0.2, 0) is 16.1 Å². The average Bonchev–Trinajstić information content (AvgIpc) is 2.81. The summed E-state index contributed by atoms with van der Waals surface area (Å²) in [7, 11) is 0. The van der Waals surface area contributed by atoms with E-state index in [2.05, 4.69) is 20.8 Å². The van der Waals surface area contributed by atoms with Gasteiger partial charge in [0.25, 0.3) is 0 Å². The predicted molar refractivity (Wildman–Crippen MR) is 66.1 cm³/mol. The van der Waals surface area contributed by atoms with Gasteiger partial charge in [0.05, 0.1) is 5.92 Å². The number of hydrogen-bond donors (Lipinski definition) is 2. The topological polar surface area (TPSA) is 110 Å². The van der Waals surface area contributed by atoms with Crippen LogP contribution in [0.25, 0.3) is 0 Å². The summed E-state index contributed by atoms with van der Waals surface area (Å²) in [6.07, 6.45) is 3.50. The summed E-state index contributed by atoms with van der Waals surface area (Å²) < 4.78 is 1.34. The summed E-state index contributed by atoms with van der Waals surface area (Å²) in [5.74, 6) is -1.29. The lowest BCUT2D eigenvalue weighted by Gasteiger charge is -2.14. The van der Waals surface area contributed by atoms with Crippen LogP contribution < -0.4 is 5.32 Å². The Morgan fingerprint density at radius 1 is 1.37 bits per heavy atom. The van der Waals surface area contributed by atoms with Crippen molar-refractivity contribution in [2.24, 2.45) is 5.92 Å². The molecule has 19 heavy (non-hydrogen) atoms. The summed E-state index contributed by atoms with van der Waals surface area (Å²) in [4.78, 5) is 22.2. The number of hydrogen-bond acceptors (Lipinski definition) is 5. The van der Waals surface area contributed by atoms with Crippen LogP contribution in [0.4, 0.5) is 0 Å². The van der Waals surface area contributed by atoms with Crippen LogP contribution in [0.2, 0.25) is 0 Å². The van der Waals surface area contributed by atoms with Gasteiger partial charge in [0.15, 0.2) is 0 Å². The van der Waals surface area contributed by atoms with E-state index in [1.165, 1.54) is 11.0 Å². The highest BCUT2D eigenvalue weighted by Gasteiger charge is 2.12. The van der Waals surface area contributed by atoms with E-state index < -0.39 is 5.97 Å². The van der Waals surface area contributed by atoms with Crippen molar-refractivity contribution in [3.05, 3.63) is 6.33 Å². The number of amides is 1. The van der Waals surface area contributed by atoms with Gasteiger partial charge in [-0.25, -0.2) is 4.68 Å². The minimum absolute atomic E-state index is 0.00461. The molecule has 0 bridgehead atoms. The van der Waals surface area contributed by atoms with Gasteiger partial charge in [-0.15, -0.1) is 5.10 Å². The minimum atomic E-state index is -0.782. The molecule has 0 radical (unpaired) electrons. The van der Waals surface area contributed by atoms with Crippen LogP contribution in [0.15, 0.2) is 6.33 Å². The Morgan fingerprint density at radius 2 is 2.11 bits per heavy atom. The number of carboxylic acids is 1. The van der Waals surface area contributed by atoms with E-state index in [9.17, 15) is 9.59 Å². The van der Waals surface area contributed by atoms with Gasteiger partial charge in [0, 0.05) is 6.04 Å². The van der Waals surface area contributed by atoms with Crippen molar-refractivity contribution in [3.8, 4) is 0 Å². The maximum Gasteiger partial charge on any atom is 0.306 e. The van der Waals surface area contributed by atoms with E-state index in [0.29, 0.717) is 6.42 Å². The number of rotatable bonds is 8. The number of aromatic nitrogens is 4. The predicted octanol–water partition coefficient (Wildman–Crippen LogP) is 0.0688. The molecule has 1 rings (SSSR count). The Bertz CT molecular complexity index is 406. The smallest absolute Gasteiger partial charge is 0.306 e. The number of nitrogens with one attached hydrogen (secondary N) is 1. The van der Waals surface area contributed by atoms with Crippen LogP contribution in [0.3, 0.4) is 0 Å². The second kappa shape index (κ2) is 7.45. The zero-order chi connectivity index (χ0) is 14.3. The van der Waals surface area contributed by atoms with E-state index in [4.69, 9.17) is 5.11 Å². The zero-order valence-electron chi connectivity index (χ0n) is 11.1.